The monoisotopic (exact) mass is 598 g/mol. The van der Waals surface area contributed by atoms with Gasteiger partial charge in [0.2, 0.25) is 0 Å². The summed E-state index contributed by atoms with van der Waals surface area (Å²) in [6, 6.07) is 62.6. The van der Waals surface area contributed by atoms with Gasteiger partial charge in [0.15, 0.2) is 0 Å². The number of fused-ring (bicyclic) bond motifs is 5. The van der Waals surface area contributed by atoms with Crippen LogP contribution in [0.5, 0.6) is 0 Å². The molecule has 0 spiro atoms. The Morgan fingerprint density at radius 1 is 0.298 bits per heavy atom. The largest absolute Gasteiger partial charge is 0.0622 e. The topological polar surface area (TPSA) is 0 Å². The van der Waals surface area contributed by atoms with Gasteiger partial charge in [0.05, 0.1) is 0 Å². The molecule has 0 aromatic heterocycles. The van der Waals surface area contributed by atoms with Crippen LogP contribution in [-0.4, -0.2) is 0 Å². The maximum absolute atomic E-state index is 2.52. The Kier molecular flexibility index (Phi) is 6.27. The molecule has 0 atom stereocenters. The molecule has 9 rings (SSSR count). The zero-order chi connectivity index (χ0) is 31.5. The van der Waals surface area contributed by atoms with Crippen molar-refractivity contribution in [3.05, 3.63) is 181 Å². The zero-order valence-corrected chi connectivity index (χ0v) is 26.7. The van der Waals surface area contributed by atoms with Crippen LogP contribution in [0.15, 0.2) is 170 Å². The molecule has 1 aliphatic carbocycles. The van der Waals surface area contributed by atoms with Gasteiger partial charge < -0.3 is 0 Å². The molecule has 0 N–H and O–H groups in total. The quantitative estimate of drug-likeness (QED) is 0.177. The van der Waals surface area contributed by atoms with Crippen molar-refractivity contribution in [1.82, 2.24) is 0 Å². The Hall–Kier alpha value is -5.72. The molecule has 0 unspecified atom stereocenters. The first-order chi connectivity index (χ1) is 23.1. The van der Waals surface area contributed by atoms with Crippen LogP contribution < -0.4 is 0 Å². The van der Waals surface area contributed by atoms with Gasteiger partial charge in [-0.05, 0) is 113 Å². The molecule has 0 bridgehead atoms. The molecule has 8 aromatic carbocycles. The Bertz CT molecular complexity index is 2460. The van der Waals surface area contributed by atoms with Gasteiger partial charge in [-0.3, -0.25) is 0 Å². The van der Waals surface area contributed by atoms with E-state index in [1.165, 1.54) is 88.3 Å². The zero-order valence-electron chi connectivity index (χ0n) is 26.7. The second-order valence-electron chi connectivity index (χ2n) is 13.3. The summed E-state index contributed by atoms with van der Waals surface area (Å²) in [5.74, 6) is 0. The summed E-state index contributed by atoms with van der Waals surface area (Å²) in [4.78, 5) is 0. The summed E-state index contributed by atoms with van der Waals surface area (Å²) >= 11 is 0. The summed E-state index contributed by atoms with van der Waals surface area (Å²) < 4.78 is 0. The molecule has 1 aliphatic rings. The molecule has 0 heteroatoms. The summed E-state index contributed by atoms with van der Waals surface area (Å²) in [5, 5.41) is 5.14. The molecule has 8 aromatic rings. The lowest BCUT2D eigenvalue weighted by atomic mass is 9.79. The molecule has 0 heterocycles. The third-order valence-electron chi connectivity index (χ3n) is 10.2. The lowest BCUT2D eigenvalue weighted by molar-refractivity contribution is 0.661. The Morgan fingerprint density at radius 2 is 0.745 bits per heavy atom. The number of rotatable bonds is 4. The van der Waals surface area contributed by atoms with Crippen LogP contribution in [0.25, 0.3) is 77.2 Å². The third kappa shape index (κ3) is 4.37. The SMILES string of the molecule is CC1(C)c2ccccc2-c2cc3c(-c4cccc(-c5ccccc5)c4)c4ccccc4c(-c4cccc(-c5ccccc5)c4)c3cc21. The van der Waals surface area contributed by atoms with Gasteiger partial charge in [0.25, 0.3) is 0 Å². The molecule has 222 valence electrons. The highest BCUT2D eigenvalue weighted by Gasteiger charge is 2.36. The predicted molar refractivity (Wildman–Crippen MR) is 201 cm³/mol. The fourth-order valence-corrected chi connectivity index (χ4v) is 7.96. The van der Waals surface area contributed by atoms with Crippen molar-refractivity contribution in [2.45, 2.75) is 19.3 Å². The highest BCUT2D eigenvalue weighted by molar-refractivity contribution is 6.22. The van der Waals surface area contributed by atoms with E-state index in [4.69, 9.17) is 0 Å². The van der Waals surface area contributed by atoms with Gasteiger partial charge in [-0.2, -0.15) is 0 Å². The Morgan fingerprint density at radius 3 is 1.32 bits per heavy atom. The molecule has 47 heavy (non-hydrogen) atoms. The molecule has 0 aliphatic heterocycles. The highest BCUT2D eigenvalue weighted by Crippen LogP contribution is 2.53. The van der Waals surface area contributed by atoms with Crippen LogP contribution in [0.2, 0.25) is 0 Å². The second kappa shape index (κ2) is 10.7. The fourth-order valence-electron chi connectivity index (χ4n) is 7.96. The van der Waals surface area contributed by atoms with Crippen molar-refractivity contribution in [2.24, 2.45) is 0 Å². The van der Waals surface area contributed by atoms with E-state index in [9.17, 15) is 0 Å². The van der Waals surface area contributed by atoms with E-state index in [0.717, 1.165) is 0 Å². The van der Waals surface area contributed by atoms with E-state index in [2.05, 4.69) is 184 Å². The van der Waals surface area contributed by atoms with E-state index in [0.29, 0.717) is 0 Å². The summed E-state index contributed by atoms with van der Waals surface area (Å²) in [6.45, 7) is 4.76. The lowest BCUT2D eigenvalue weighted by Crippen LogP contribution is -2.14. The van der Waals surface area contributed by atoms with Gasteiger partial charge in [-0.25, -0.2) is 0 Å². The maximum Gasteiger partial charge on any atom is 0.0159 e. The number of benzene rings is 8. The smallest absolute Gasteiger partial charge is 0.0159 e. The van der Waals surface area contributed by atoms with Crippen molar-refractivity contribution in [3.63, 3.8) is 0 Å². The van der Waals surface area contributed by atoms with Crippen LogP contribution in [0, 0.1) is 0 Å². The van der Waals surface area contributed by atoms with Crippen LogP contribution in [-0.2, 0) is 5.41 Å². The minimum Gasteiger partial charge on any atom is -0.0622 e. The Balaban J connectivity index is 1.41. The molecular weight excluding hydrogens is 565 g/mol. The van der Waals surface area contributed by atoms with Crippen LogP contribution in [0.4, 0.5) is 0 Å². The molecule has 0 fully saturated rings. The minimum atomic E-state index is -0.0949. The summed E-state index contributed by atoms with van der Waals surface area (Å²) in [5.41, 5.74) is 15.4. The van der Waals surface area contributed by atoms with E-state index >= 15 is 0 Å². The lowest BCUT2D eigenvalue weighted by Gasteiger charge is -2.24. The van der Waals surface area contributed by atoms with Crippen LogP contribution in [0.1, 0.15) is 25.0 Å². The molecule has 0 saturated carbocycles. The first kappa shape index (κ1) is 27.6. The average Bonchev–Trinajstić information content (AvgIpc) is 3.36. The minimum absolute atomic E-state index is 0.0949. The van der Waals surface area contributed by atoms with E-state index in [1.54, 1.807) is 0 Å². The molecule has 0 saturated heterocycles. The third-order valence-corrected chi connectivity index (χ3v) is 10.2. The van der Waals surface area contributed by atoms with Gasteiger partial charge >= 0.3 is 0 Å². The molecular formula is C47H34. The van der Waals surface area contributed by atoms with Crippen molar-refractivity contribution in [1.29, 1.82) is 0 Å². The fraction of sp³-hybridized carbons (Fsp3) is 0.0638. The maximum atomic E-state index is 2.52. The van der Waals surface area contributed by atoms with Crippen LogP contribution in [0.3, 0.4) is 0 Å². The van der Waals surface area contributed by atoms with E-state index < -0.39 is 0 Å². The first-order valence-corrected chi connectivity index (χ1v) is 16.5. The Labute approximate surface area is 276 Å². The summed E-state index contributed by atoms with van der Waals surface area (Å²) in [7, 11) is 0. The number of hydrogen-bond acceptors (Lipinski definition) is 0. The number of hydrogen-bond donors (Lipinski definition) is 0. The van der Waals surface area contributed by atoms with Crippen molar-refractivity contribution >= 4 is 21.5 Å². The standard InChI is InChI=1S/C47H34/c1-47(2)43-26-12-11-23-37(43)40-29-41-42(30-44(40)47)46(36-22-14-20-34(28-36)32-17-7-4-8-18-32)39-25-10-9-24-38(39)45(41)35-21-13-19-33(27-35)31-15-5-3-6-16-31/h3-30H,1-2H3. The highest BCUT2D eigenvalue weighted by atomic mass is 14.4. The van der Waals surface area contributed by atoms with Gasteiger partial charge in [-0.15, -0.1) is 0 Å². The summed E-state index contributed by atoms with van der Waals surface area (Å²) in [6.07, 6.45) is 0. The van der Waals surface area contributed by atoms with Crippen molar-refractivity contribution in [3.8, 4) is 55.6 Å². The first-order valence-electron chi connectivity index (χ1n) is 16.5. The van der Waals surface area contributed by atoms with E-state index in [-0.39, 0.29) is 5.41 Å². The normalized spacial score (nSPS) is 13.1. The van der Waals surface area contributed by atoms with E-state index in [1.807, 2.05) is 0 Å². The van der Waals surface area contributed by atoms with Crippen molar-refractivity contribution < 1.29 is 0 Å². The average molecular weight is 599 g/mol. The molecule has 0 amide bonds. The van der Waals surface area contributed by atoms with Gasteiger partial charge in [-0.1, -0.05) is 159 Å². The van der Waals surface area contributed by atoms with Gasteiger partial charge in [0, 0.05) is 5.41 Å². The van der Waals surface area contributed by atoms with Crippen molar-refractivity contribution in [2.75, 3.05) is 0 Å². The molecule has 0 nitrogen and oxygen atoms in total. The molecule has 0 radical (unpaired) electrons. The van der Waals surface area contributed by atoms with Gasteiger partial charge in [0.1, 0.15) is 0 Å². The second-order valence-corrected chi connectivity index (χ2v) is 13.3. The van der Waals surface area contributed by atoms with Crippen LogP contribution >= 0.6 is 0 Å². The predicted octanol–water partition coefficient (Wildman–Crippen LogP) is 13.0.